The fourth-order valence-corrected chi connectivity index (χ4v) is 5.36. The van der Waals surface area contributed by atoms with Crippen molar-refractivity contribution in [3.63, 3.8) is 0 Å². The summed E-state index contributed by atoms with van der Waals surface area (Å²) in [7, 11) is -1.29. The van der Waals surface area contributed by atoms with Crippen LogP contribution < -0.4 is 13.8 Å². The van der Waals surface area contributed by atoms with Crippen LogP contribution in [0.1, 0.15) is 5.56 Å². The summed E-state index contributed by atoms with van der Waals surface area (Å²) < 4.78 is 76.7. The molecule has 0 spiro atoms. The van der Waals surface area contributed by atoms with Crippen LogP contribution in [0.15, 0.2) is 46.2 Å². The number of fused-ring (bicyclic) bond motifs is 1. The van der Waals surface area contributed by atoms with E-state index in [0.717, 1.165) is 16.4 Å². The highest BCUT2D eigenvalue weighted by atomic mass is 32.2. The van der Waals surface area contributed by atoms with Crippen LogP contribution in [-0.4, -0.2) is 34.9 Å². The van der Waals surface area contributed by atoms with Gasteiger partial charge in [-0.15, -0.1) is 11.8 Å². The first kappa shape index (κ1) is 19.7. The highest BCUT2D eigenvalue weighted by Crippen LogP contribution is 2.42. The molecule has 0 saturated carbocycles. The van der Waals surface area contributed by atoms with Gasteiger partial charge in [-0.25, -0.2) is 8.42 Å². The topological polar surface area (TPSA) is 55.8 Å². The molecular formula is C17H16F3NO4S2. The second-order valence-electron chi connectivity index (χ2n) is 5.62. The van der Waals surface area contributed by atoms with Gasteiger partial charge in [0.15, 0.2) is 11.5 Å². The number of halogens is 3. The summed E-state index contributed by atoms with van der Waals surface area (Å²) in [5, 5.41) is 0. The van der Waals surface area contributed by atoms with Gasteiger partial charge in [-0.1, -0.05) is 0 Å². The molecule has 0 bridgehead atoms. The number of hydrogen-bond acceptors (Lipinski definition) is 5. The SMILES string of the molecule is COc1ccc(S(=O)(=O)N2CCSc3ccc(C(F)(F)F)cc32)cc1OC. The third-order valence-corrected chi connectivity index (χ3v) is 6.90. The maximum absolute atomic E-state index is 13.1. The average Bonchev–Trinajstić information content (AvgIpc) is 2.65. The molecule has 0 atom stereocenters. The van der Waals surface area contributed by atoms with Gasteiger partial charge in [-0.05, 0) is 30.3 Å². The Morgan fingerprint density at radius 3 is 2.37 bits per heavy atom. The van der Waals surface area contributed by atoms with Crippen molar-refractivity contribution in [3.05, 3.63) is 42.0 Å². The molecule has 146 valence electrons. The number of rotatable bonds is 4. The van der Waals surface area contributed by atoms with Gasteiger partial charge in [0.25, 0.3) is 10.0 Å². The lowest BCUT2D eigenvalue weighted by atomic mass is 10.2. The molecule has 1 aliphatic rings. The van der Waals surface area contributed by atoms with Gasteiger partial charge < -0.3 is 9.47 Å². The van der Waals surface area contributed by atoms with Gasteiger partial charge in [0.2, 0.25) is 0 Å². The van der Waals surface area contributed by atoms with Crippen LogP contribution in [0.5, 0.6) is 11.5 Å². The fourth-order valence-electron chi connectivity index (χ4n) is 2.72. The summed E-state index contributed by atoms with van der Waals surface area (Å²) in [6, 6.07) is 7.21. The van der Waals surface area contributed by atoms with E-state index in [2.05, 4.69) is 0 Å². The molecule has 0 fully saturated rings. The van der Waals surface area contributed by atoms with Gasteiger partial charge >= 0.3 is 6.18 Å². The first-order valence-electron chi connectivity index (χ1n) is 7.77. The highest BCUT2D eigenvalue weighted by molar-refractivity contribution is 8.00. The van der Waals surface area contributed by atoms with Crippen molar-refractivity contribution in [1.82, 2.24) is 0 Å². The number of thioether (sulfide) groups is 1. The average molecular weight is 419 g/mol. The molecule has 0 N–H and O–H groups in total. The number of benzene rings is 2. The molecule has 0 aromatic heterocycles. The van der Waals surface area contributed by atoms with Crippen LogP contribution in [-0.2, 0) is 16.2 Å². The second-order valence-corrected chi connectivity index (χ2v) is 8.62. The van der Waals surface area contributed by atoms with E-state index >= 15 is 0 Å². The van der Waals surface area contributed by atoms with Crippen molar-refractivity contribution in [2.45, 2.75) is 16.0 Å². The molecule has 27 heavy (non-hydrogen) atoms. The van der Waals surface area contributed by atoms with Crippen LogP contribution in [0.2, 0.25) is 0 Å². The van der Waals surface area contributed by atoms with Crippen molar-refractivity contribution < 1.29 is 31.1 Å². The molecule has 10 heteroatoms. The van der Waals surface area contributed by atoms with Gasteiger partial charge in [0, 0.05) is 23.3 Å². The van der Waals surface area contributed by atoms with E-state index < -0.39 is 21.8 Å². The second kappa shape index (κ2) is 7.16. The van der Waals surface area contributed by atoms with Crippen LogP contribution in [0, 0.1) is 0 Å². The Bertz CT molecular complexity index is 961. The van der Waals surface area contributed by atoms with E-state index in [-0.39, 0.29) is 22.9 Å². The quantitative estimate of drug-likeness (QED) is 0.749. The van der Waals surface area contributed by atoms with E-state index in [0.29, 0.717) is 16.4 Å². The summed E-state index contributed by atoms with van der Waals surface area (Å²) in [4.78, 5) is 0.397. The summed E-state index contributed by atoms with van der Waals surface area (Å²) >= 11 is 1.32. The Morgan fingerprint density at radius 2 is 1.74 bits per heavy atom. The normalized spacial score (nSPS) is 14.6. The molecule has 1 aliphatic heterocycles. The van der Waals surface area contributed by atoms with E-state index in [4.69, 9.17) is 9.47 Å². The van der Waals surface area contributed by atoms with Crippen molar-refractivity contribution >= 4 is 27.5 Å². The monoisotopic (exact) mass is 419 g/mol. The summed E-state index contributed by atoms with van der Waals surface area (Å²) in [5.74, 6) is 1.00. The lowest BCUT2D eigenvalue weighted by molar-refractivity contribution is -0.137. The molecule has 0 aliphatic carbocycles. The first-order chi connectivity index (χ1) is 12.7. The van der Waals surface area contributed by atoms with E-state index in [1.54, 1.807) is 0 Å². The Hall–Kier alpha value is -2.07. The van der Waals surface area contributed by atoms with Crippen molar-refractivity contribution in [2.24, 2.45) is 0 Å². The Morgan fingerprint density at radius 1 is 1.04 bits per heavy atom. The minimum atomic E-state index is -4.56. The fraction of sp³-hybridized carbons (Fsp3) is 0.294. The van der Waals surface area contributed by atoms with Crippen LogP contribution in [0.4, 0.5) is 18.9 Å². The summed E-state index contributed by atoms with van der Waals surface area (Å²) in [5.41, 5.74) is -0.868. The number of anilines is 1. The predicted octanol–water partition coefficient (Wildman–Crippen LogP) is 4.02. The number of methoxy groups -OCH3 is 2. The minimum Gasteiger partial charge on any atom is -0.493 e. The zero-order valence-electron chi connectivity index (χ0n) is 14.4. The van der Waals surface area contributed by atoms with Gasteiger partial charge in [-0.3, -0.25) is 4.31 Å². The zero-order chi connectivity index (χ0) is 19.8. The number of sulfonamides is 1. The lowest BCUT2D eigenvalue weighted by Gasteiger charge is -2.30. The maximum Gasteiger partial charge on any atom is 0.416 e. The maximum atomic E-state index is 13.1. The lowest BCUT2D eigenvalue weighted by Crippen LogP contribution is -2.35. The third-order valence-electron chi connectivity index (χ3n) is 4.05. The molecule has 0 radical (unpaired) electrons. The van der Waals surface area contributed by atoms with E-state index in [9.17, 15) is 21.6 Å². The van der Waals surface area contributed by atoms with Crippen molar-refractivity contribution in [2.75, 3.05) is 30.8 Å². The Kier molecular flexibility index (Phi) is 5.22. The molecular weight excluding hydrogens is 403 g/mol. The van der Waals surface area contributed by atoms with Crippen LogP contribution in [0.25, 0.3) is 0 Å². The van der Waals surface area contributed by atoms with E-state index in [1.807, 2.05) is 0 Å². The molecule has 1 heterocycles. The third kappa shape index (κ3) is 3.68. The first-order valence-corrected chi connectivity index (χ1v) is 10.2. The molecule has 0 unspecified atom stereocenters. The Labute approximate surface area is 159 Å². The number of hydrogen-bond donors (Lipinski definition) is 0. The number of nitrogens with zero attached hydrogens (tertiary/aromatic N) is 1. The van der Waals surface area contributed by atoms with E-state index in [1.165, 1.54) is 50.2 Å². The molecule has 2 aromatic rings. The number of ether oxygens (including phenoxy) is 2. The molecule has 3 rings (SSSR count). The van der Waals surface area contributed by atoms with Gasteiger partial charge in [0.1, 0.15) is 0 Å². The minimum absolute atomic E-state index is 0.0239. The summed E-state index contributed by atoms with van der Waals surface area (Å²) in [6.07, 6.45) is -4.56. The van der Waals surface area contributed by atoms with Crippen LogP contribution in [0.3, 0.4) is 0 Å². The molecule has 0 saturated heterocycles. The number of alkyl halides is 3. The van der Waals surface area contributed by atoms with Crippen LogP contribution >= 0.6 is 11.8 Å². The standard InChI is InChI=1S/C17H16F3NO4S2/c1-24-14-5-4-12(10-15(14)25-2)27(22,23)21-7-8-26-16-6-3-11(9-13(16)21)17(18,19)20/h3-6,9-10H,7-8H2,1-2H3. The molecule has 5 nitrogen and oxygen atoms in total. The van der Waals surface area contributed by atoms with Gasteiger partial charge in [0.05, 0.1) is 30.4 Å². The Balaban J connectivity index is 2.10. The molecule has 0 amide bonds. The highest BCUT2D eigenvalue weighted by Gasteiger charge is 2.35. The smallest absolute Gasteiger partial charge is 0.416 e. The van der Waals surface area contributed by atoms with Crippen molar-refractivity contribution in [1.29, 1.82) is 0 Å². The van der Waals surface area contributed by atoms with Gasteiger partial charge in [-0.2, -0.15) is 13.2 Å². The molecule has 2 aromatic carbocycles. The van der Waals surface area contributed by atoms with Crippen molar-refractivity contribution in [3.8, 4) is 11.5 Å². The zero-order valence-corrected chi connectivity index (χ0v) is 16.0. The predicted molar refractivity (Wildman–Crippen MR) is 96.2 cm³/mol. The largest absolute Gasteiger partial charge is 0.493 e. The summed E-state index contributed by atoms with van der Waals surface area (Å²) in [6.45, 7) is 0.0651.